The van der Waals surface area contributed by atoms with E-state index in [0.717, 1.165) is 33.2 Å². The summed E-state index contributed by atoms with van der Waals surface area (Å²) in [6, 6.07) is 25.2. The quantitative estimate of drug-likeness (QED) is 0.291. The molecule has 0 unspecified atom stereocenters. The van der Waals surface area contributed by atoms with Crippen LogP contribution < -0.4 is 10.6 Å². The molecule has 2 heterocycles. The largest absolute Gasteiger partial charge is 0.338 e. The molecule has 5 aromatic rings. The number of nitrogens with zero attached hydrogens (tertiary/aromatic N) is 2. The predicted octanol–water partition coefficient (Wildman–Crippen LogP) is 6.20. The molecule has 5 nitrogen and oxygen atoms in total. The van der Waals surface area contributed by atoms with Gasteiger partial charge in [-0.05, 0) is 83.8 Å². The maximum atomic E-state index is 13.3. The fourth-order valence-electron chi connectivity index (χ4n) is 3.93. The predicted molar refractivity (Wildman–Crippen MR) is 145 cm³/mol. The SMILES string of the molecule is O=C(NCCc1cccnc1)Nc1ccc(-c2ccc3ncccc3c2)c(C#Cc2ccc(F)cc2)c1. The van der Waals surface area contributed by atoms with Gasteiger partial charge in [-0.15, -0.1) is 0 Å². The molecule has 2 amide bonds. The van der Waals surface area contributed by atoms with Crippen LogP contribution in [0.5, 0.6) is 0 Å². The summed E-state index contributed by atoms with van der Waals surface area (Å²) in [5, 5.41) is 6.78. The zero-order valence-electron chi connectivity index (χ0n) is 19.9. The molecule has 2 N–H and O–H groups in total. The van der Waals surface area contributed by atoms with Crippen LogP contribution in [0.4, 0.5) is 14.9 Å². The molecular formula is C31H23FN4O. The highest BCUT2D eigenvalue weighted by Crippen LogP contribution is 2.28. The normalized spacial score (nSPS) is 10.4. The summed E-state index contributed by atoms with van der Waals surface area (Å²) < 4.78 is 13.3. The number of pyridine rings is 2. The smallest absolute Gasteiger partial charge is 0.319 e. The molecule has 180 valence electrons. The van der Waals surface area contributed by atoms with E-state index >= 15 is 0 Å². The van der Waals surface area contributed by atoms with Crippen molar-refractivity contribution in [1.82, 2.24) is 15.3 Å². The molecule has 37 heavy (non-hydrogen) atoms. The highest BCUT2D eigenvalue weighted by atomic mass is 19.1. The summed E-state index contributed by atoms with van der Waals surface area (Å²) in [5.74, 6) is 6.00. The van der Waals surface area contributed by atoms with Crippen LogP contribution in [0, 0.1) is 17.7 Å². The van der Waals surface area contributed by atoms with Gasteiger partial charge in [0.15, 0.2) is 0 Å². The van der Waals surface area contributed by atoms with Gasteiger partial charge in [0, 0.05) is 47.3 Å². The number of carbonyl (C=O) groups excluding carboxylic acids is 1. The number of hydrogen-bond acceptors (Lipinski definition) is 3. The molecule has 0 fully saturated rings. The van der Waals surface area contributed by atoms with Crippen molar-refractivity contribution in [2.24, 2.45) is 0 Å². The first-order valence-corrected chi connectivity index (χ1v) is 11.8. The Morgan fingerprint density at radius 2 is 1.76 bits per heavy atom. The monoisotopic (exact) mass is 486 g/mol. The zero-order chi connectivity index (χ0) is 25.5. The summed E-state index contributed by atoms with van der Waals surface area (Å²) in [7, 11) is 0. The van der Waals surface area contributed by atoms with Gasteiger partial charge in [0.25, 0.3) is 0 Å². The first-order chi connectivity index (χ1) is 18.1. The van der Waals surface area contributed by atoms with Gasteiger partial charge >= 0.3 is 6.03 Å². The van der Waals surface area contributed by atoms with Crippen LogP contribution in [-0.2, 0) is 6.42 Å². The van der Waals surface area contributed by atoms with Gasteiger partial charge in [-0.1, -0.05) is 36.1 Å². The molecule has 0 atom stereocenters. The van der Waals surface area contributed by atoms with Crippen molar-refractivity contribution < 1.29 is 9.18 Å². The molecule has 0 aliphatic carbocycles. The number of halogens is 1. The van der Waals surface area contributed by atoms with Crippen molar-refractivity contribution in [3.05, 3.63) is 126 Å². The summed E-state index contributed by atoms with van der Waals surface area (Å²) in [5.41, 5.74) is 5.91. The number of amides is 2. The Morgan fingerprint density at radius 1 is 0.892 bits per heavy atom. The van der Waals surface area contributed by atoms with E-state index in [9.17, 15) is 9.18 Å². The number of rotatable bonds is 5. The molecule has 3 aromatic carbocycles. The topological polar surface area (TPSA) is 66.9 Å². The first kappa shape index (κ1) is 23.7. The van der Waals surface area contributed by atoms with Gasteiger partial charge in [0.2, 0.25) is 0 Å². The molecule has 0 radical (unpaired) electrons. The highest BCUT2D eigenvalue weighted by Gasteiger charge is 2.09. The van der Waals surface area contributed by atoms with Crippen LogP contribution in [0.25, 0.3) is 22.0 Å². The summed E-state index contributed by atoms with van der Waals surface area (Å²) in [4.78, 5) is 21.0. The molecule has 0 aliphatic rings. The standard InChI is InChI=1S/C31H23FN4O/c32-27-10-6-22(7-11-27)5-8-25-20-28(36-31(37)35-18-15-23-3-1-16-33-21-23)12-13-29(25)24-9-14-30-26(19-24)4-2-17-34-30/h1-4,6-7,9-14,16-17,19-21H,15,18H2,(H2,35,36,37). The average Bonchev–Trinajstić information content (AvgIpc) is 2.93. The minimum Gasteiger partial charge on any atom is -0.338 e. The average molecular weight is 487 g/mol. The van der Waals surface area contributed by atoms with Crippen molar-refractivity contribution >= 4 is 22.6 Å². The van der Waals surface area contributed by atoms with E-state index in [1.54, 1.807) is 30.7 Å². The Morgan fingerprint density at radius 3 is 2.59 bits per heavy atom. The van der Waals surface area contributed by atoms with E-state index in [4.69, 9.17) is 0 Å². The fourth-order valence-corrected chi connectivity index (χ4v) is 3.93. The van der Waals surface area contributed by atoms with Crippen LogP contribution in [0.1, 0.15) is 16.7 Å². The molecule has 0 spiro atoms. The molecule has 6 heteroatoms. The van der Waals surface area contributed by atoms with E-state index in [1.165, 1.54) is 12.1 Å². The van der Waals surface area contributed by atoms with Crippen molar-refractivity contribution in [2.45, 2.75) is 6.42 Å². The number of fused-ring (bicyclic) bond motifs is 1. The number of nitrogens with one attached hydrogen (secondary N) is 2. The van der Waals surface area contributed by atoms with Crippen molar-refractivity contribution in [3.8, 4) is 23.0 Å². The number of aromatic nitrogens is 2. The second-order valence-corrected chi connectivity index (χ2v) is 8.42. The number of carbonyl (C=O) groups is 1. The van der Waals surface area contributed by atoms with Crippen LogP contribution in [0.3, 0.4) is 0 Å². The third-order valence-corrected chi connectivity index (χ3v) is 5.80. The summed E-state index contributed by atoms with van der Waals surface area (Å²) in [6.07, 6.45) is 5.96. The maximum Gasteiger partial charge on any atom is 0.319 e. The Balaban J connectivity index is 1.40. The first-order valence-electron chi connectivity index (χ1n) is 11.8. The lowest BCUT2D eigenvalue weighted by molar-refractivity contribution is 0.252. The molecule has 0 bridgehead atoms. The number of urea groups is 1. The minimum atomic E-state index is -0.309. The van der Waals surface area contributed by atoms with E-state index < -0.39 is 0 Å². The van der Waals surface area contributed by atoms with E-state index in [-0.39, 0.29) is 11.8 Å². The fraction of sp³-hybridized carbons (Fsp3) is 0.0645. The zero-order valence-corrected chi connectivity index (χ0v) is 19.9. The van der Waals surface area contributed by atoms with Gasteiger partial charge in [-0.3, -0.25) is 9.97 Å². The van der Waals surface area contributed by atoms with E-state index in [0.29, 0.717) is 24.2 Å². The Hall–Kier alpha value is -5.02. The minimum absolute atomic E-state index is 0.300. The molecule has 5 rings (SSSR count). The number of hydrogen-bond donors (Lipinski definition) is 2. The summed E-state index contributed by atoms with van der Waals surface area (Å²) >= 11 is 0. The Kier molecular flexibility index (Phi) is 7.14. The van der Waals surface area contributed by atoms with Gasteiger partial charge in [-0.25, -0.2) is 9.18 Å². The lowest BCUT2D eigenvalue weighted by Gasteiger charge is -2.11. The maximum absolute atomic E-state index is 13.3. The molecule has 0 saturated heterocycles. The third-order valence-electron chi connectivity index (χ3n) is 5.80. The Bertz CT molecular complexity index is 1610. The van der Waals surface area contributed by atoms with Crippen molar-refractivity contribution in [3.63, 3.8) is 0 Å². The van der Waals surface area contributed by atoms with Gasteiger partial charge < -0.3 is 10.6 Å². The van der Waals surface area contributed by atoms with Crippen molar-refractivity contribution in [2.75, 3.05) is 11.9 Å². The number of anilines is 1. The van der Waals surface area contributed by atoms with E-state index in [1.807, 2.05) is 54.6 Å². The Labute approximate surface area is 214 Å². The van der Waals surface area contributed by atoms with Crippen LogP contribution >= 0.6 is 0 Å². The van der Waals surface area contributed by atoms with Gasteiger partial charge in [0.1, 0.15) is 5.82 Å². The molecular weight excluding hydrogens is 463 g/mol. The second kappa shape index (κ2) is 11.1. The van der Waals surface area contributed by atoms with Crippen LogP contribution in [0.15, 0.2) is 104 Å². The number of benzene rings is 3. The molecule has 0 saturated carbocycles. The lowest BCUT2D eigenvalue weighted by atomic mass is 9.97. The molecule has 2 aromatic heterocycles. The van der Waals surface area contributed by atoms with Crippen LogP contribution in [-0.4, -0.2) is 22.5 Å². The lowest BCUT2D eigenvalue weighted by Crippen LogP contribution is -2.30. The molecule has 0 aliphatic heterocycles. The van der Waals surface area contributed by atoms with Gasteiger partial charge in [-0.2, -0.15) is 0 Å². The second-order valence-electron chi connectivity index (χ2n) is 8.42. The third kappa shape index (κ3) is 6.16. The van der Waals surface area contributed by atoms with Crippen molar-refractivity contribution in [1.29, 1.82) is 0 Å². The van der Waals surface area contributed by atoms with E-state index in [2.05, 4.69) is 38.5 Å². The van der Waals surface area contributed by atoms with Gasteiger partial charge in [0.05, 0.1) is 5.52 Å². The highest BCUT2D eigenvalue weighted by molar-refractivity contribution is 5.91. The van der Waals surface area contributed by atoms with Crippen LogP contribution in [0.2, 0.25) is 0 Å². The summed E-state index contributed by atoms with van der Waals surface area (Å²) in [6.45, 7) is 0.484.